The van der Waals surface area contributed by atoms with Crippen molar-refractivity contribution in [2.75, 3.05) is 20.3 Å². The standard InChI is InChI=1S/C24H26ClNO4/c1-24(2,3)17-9-5-15(6-10-17)20-19(21(27)16-7-11-18(25)12-8-16)22(28)23(29)26(20)13-14-30-4/h5-12,20,27H,13-14H2,1-4H3/b21-19+. The molecule has 0 spiro atoms. The molecule has 1 aliphatic heterocycles. The number of amides is 1. The van der Waals surface area contributed by atoms with Gasteiger partial charge >= 0.3 is 0 Å². The molecule has 1 fully saturated rings. The summed E-state index contributed by atoms with van der Waals surface area (Å²) >= 11 is 5.94. The molecule has 1 N–H and O–H groups in total. The highest BCUT2D eigenvalue weighted by molar-refractivity contribution is 6.46. The fourth-order valence-electron chi connectivity index (χ4n) is 3.58. The van der Waals surface area contributed by atoms with Gasteiger partial charge in [0.25, 0.3) is 11.7 Å². The molecule has 30 heavy (non-hydrogen) atoms. The lowest BCUT2D eigenvalue weighted by molar-refractivity contribution is -0.140. The largest absolute Gasteiger partial charge is 0.507 e. The minimum Gasteiger partial charge on any atom is -0.507 e. The second-order valence-electron chi connectivity index (χ2n) is 8.36. The highest BCUT2D eigenvalue weighted by Gasteiger charge is 2.45. The van der Waals surface area contributed by atoms with E-state index in [-0.39, 0.29) is 29.9 Å². The van der Waals surface area contributed by atoms with Crippen LogP contribution in [0, 0.1) is 0 Å². The third-order valence-corrected chi connectivity index (χ3v) is 5.54. The van der Waals surface area contributed by atoms with Gasteiger partial charge in [-0.05, 0) is 40.8 Å². The van der Waals surface area contributed by atoms with Crippen LogP contribution in [-0.2, 0) is 19.7 Å². The molecule has 0 aromatic heterocycles. The number of hydrogen-bond donors (Lipinski definition) is 1. The molecule has 0 bridgehead atoms. The number of carbonyl (C=O) groups is 2. The second-order valence-corrected chi connectivity index (χ2v) is 8.80. The van der Waals surface area contributed by atoms with Crippen LogP contribution in [0.15, 0.2) is 54.1 Å². The molecule has 5 nitrogen and oxygen atoms in total. The number of likely N-dealkylation sites (tertiary alicyclic amines) is 1. The predicted molar refractivity (Wildman–Crippen MR) is 117 cm³/mol. The summed E-state index contributed by atoms with van der Waals surface area (Å²) in [5.74, 6) is -1.56. The van der Waals surface area contributed by atoms with E-state index in [9.17, 15) is 14.7 Å². The summed E-state index contributed by atoms with van der Waals surface area (Å²) in [6, 6.07) is 13.6. The molecule has 0 radical (unpaired) electrons. The zero-order chi connectivity index (χ0) is 22.1. The van der Waals surface area contributed by atoms with Gasteiger partial charge in [0.05, 0.1) is 18.2 Å². The van der Waals surface area contributed by atoms with E-state index in [1.165, 1.54) is 12.0 Å². The smallest absolute Gasteiger partial charge is 0.295 e. The minimum atomic E-state index is -0.705. The van der Waals surface area contributed by atoms with Crippen molar-refractivity contribution >= 4 is 29.1 Å². The van der Waals surface area contributed by atoms with Crippen molar-refractivity contribution in [3.8, 4) is 0 Å². The normalized spacial score (nSPS) is 18.8. The second kappa shape index (κ2) is 8.62. The summed E-state index contributed by atoms with van der Waals surface area (Å²) in [6.45, 7) is 6.88. The zero-order valence-electron chi connectivity index (χ0n) is 17.6. The minimum absolute atomic E-state index is 0.0281. The summed E-state index contributed by atoms with van der Waals surface area (Å²) < 4.78 is 5.13. The van der Waals surface area contributed by atoms with Crippen LogP contribution in [0.1, 0.15) is 43.5 Å². The molecule has 0 saturated carbocycles. The van der Waals surface area contributed by atoms with Crippen LogP contribution in [-0.4, -0.2) is 42.0 Å². The first-order valence-electron chi connectivity index (χ1n) is 9.79. The molecule has 0 aliphatic carbocycles. The van der Waals surface area contributed by atoms with E-state index in [4.69, 9.17) is 16.3 Å². The van der Waals surface area contributed by atoms with Gasteiger partial charge in [-0.15, -0.1) is 0 Å². The van der Waals surface area contributed by atoms with Crippen molar-refractivity contribution in [2.45, 2.75) is 32.2 Å². The topological polar surface area (TPSA) is 66.8 Å². The number of benzene rings is 2. The van der Waals surface area contributed by atoms with Crippen molar-refractivity contribution in [1.29, 1.82) is 0 Å². The SMILES string of the molecule is COCCN1C(=O)C(=O)/C(=C(/O)c2ccc(Cl)cc2)C1c1ccc(C(C)(C)C)cc1. The van der Waals surface area contributed by atoms with E-state index in [1.807, 2.05) is 24.3 Å². The van der Waals surface area contributed by atoms with Gasteiger partial charge in [-0.25, -0.2) is 0 Å². The highest BCUT2D eigenvalue weighted by Crippen LogP contribution is 2.39. The molecule has 2 aromatic carbocycles. The molecule has 1 saturated heterocycles. The number of aliphatic hydroxyl groups excluding tert-OH is 1. The van der Waals surface area contributed by atoms with E-state index >= 15 is 0 Å². The Labute approximate surface area is 181 Å². The Morgan fingerprint density at radius 2 is 1.67 bits per heavy atom. The molecule has 1 amide bonds. The first-order chi connectivity index (χ1) is 14.1. The Morgan fingerprint density at radius 1 is 1.07 bits per heavy atom. The van der Waals surface area contributed by atoms with E-state index in [2.05, 4.69) is 20.8 Å². The van der Waals surface area contributed by atoms with Gasteiger partial charge in [-0.2, -0.15) is 0 Å². The van der Waals surface area contributed by atoms with Crippen molar-refractivity contribution in [2.24, 2.45) is 0 Å². The number of ketones is 1. The van der Waals surface area contributed by atoms with Gasteiger partial charge in [-0.1, -0.05) is 56.6 Å². The predicted octanol–water partition coefficient (Wildman–Crippen LogP) is 4.71. The Hall–Kier alpha value is -2.63. The number of ether oxygens (including phenoxy) is 1. The molecule has 158 valence electrons. The van der Waals surface area contributed by atoms with Crippen molar-refractivity contribution in [1.82, 2.24) is 4.90 Å². The van der Waals surface area contributed by atoms with E-state index in [0.29, 0.717) is 10.6 Å². The zero-order valence-corrected chi connectivity index (χ0v) is 18.4. The van der Waals surface area contributed by atoms with Gasteiger partial charge < -0.3 is 14.7 Å². The van der Waals surface area contributed by atoms with Crippen molar-refractivity contribution in [3.63, 3.8) is 0 Å². The first kappa shape index (κ1) is 22.1. The number of aliphatic hydroxyl groups is 1. The number of hydrogen-bond acceptors (Lipinski definition) is 4. The Morgan fingerprint density at radius 3 is 2.20 bits per heavy atom. The van der Waals surface area contributed by atoms with Crippen LogP contribution in [0.25, 0.3) is 5.76 Å². The summed E-state index contributed by atoms with van der Waals surface area (Å²) in [7, 11) is 1.54. The van der Waals surface area contributed by atoms with E-state index in [1.54, 1.807) is 24.3 Å². The molecular formula is C24H26ClNO4. The molecular weight excluding hydrogens is 402 g/mol. The van der Waals surface area contributed by atoms with Crippen LogP contribution in [0.3, 0.4) is 0 Å². The average Bonchev–Trinajstić information content (AvgIpc) is 2.96. The van der Waals surface area contributed by atoms with Gasteiger partial charge in [0.1, 0.15) is 5.76 Å². The van der Waals surface area contributed by atoms with Gasteiger partial charge in [-0.3, -0.25) is 9.59 Å². The molecule has 3 rings (SSSR count). The van der Waals surface area contributed by atoms with Crippen LogP contribution in [0.2, 0.25) is 5.02 Å². The Balaban J connectivity index is 2.13. The number of nitrogens with zero attached hydrogens (tertiary/aromatic N) is 1. The molecule has 1 heterocycles. The fourth-order valence-corrected chi connectivity index (χ4v) is 3.70. The van der Waals surface area contributed by atoms with Crippen molar-refractivity contribution in [3.05, 3.63) is 75.8 Å². The highest BCUT2D eigenvalue weighted by atomic mass is 35.5. The summed E-state index contributed by atoms with van der Waals surface area (Å²) in [5.41, 5.74) is 2.37. The van der Waals surface area contributed by atoms with Gasteiger partial charge in [0.2, 0.25) is 0 Å². The lowest BCUT2D eigenvalue weighted by Crippen LogP contribution is -2.32. The van der Waals surface area contributed by atoms with E-state index in [0.717, 1.165) is 11.1 Å². The Bertz CT molecular complexity index is 972. The molecule has 1 unspecified atom stereocenters. The third-order valence-electron chi connectivity index (χ3n) is 5.29. The fraction of sp³-hybridized carbons (Fsp3) is 0.333. The maximum atomic E-state index is 12.9. The third kappa shape index (κ3) is 4.27. The van der Waals surface area contributed by atoms with Crippen LogP contribution in [0.4, 0.5) is 0 Å². The molecule has 1 atom stereocenters. The lowest BCUT2D eigenvalue weighted by Gasteiger charge is -2.26. The quantitative estimate of drug-likeness (QED) is 0.426. The van der Waals surface area contributed by atoms with Crippen LogP contribution < -0.4 is 0 Å². The molecule has 1 aliphatic rings. The van der Waals surface area contributed by atoms with E-state index < -0.39 is 17.7 Å². The average molecular weight is 428 g/mol. The van der Waals surface area contributed by atoms with Crippen LogP contribution in [0.5, 0.6) is 0 Å². The van der Waals surface area contributed by atoms with Crippen LogP contribution >= 0.6 is 11.6 Å². The Kier molecular flexibility index (Phi) is 6.34. The number of methoxy groups -OCH3 is 1. The summed E-state index contributed by atoms with van der Waals surface area (Å²) in [5, 5.41) is 11.5. The number of rotatable bonds is 5. The lowest BCUT2D eigenvalue weighted by atomic mass is 9.85. The molecule has 2 aromatic rings. The maximum absolute atomic E-state index is 12.9. The summed E-state index contributed by atoms with van der Waals surface area (Å²) in [4.78, 5) is 27.1. The number of Topliss-reactive ketones (excluding diaryl/α,β-unsaturated/α-hetero) is 1. The first-order valence-corrected chi connectivity index (χ1v) is 10.2. The number of carbonyl (C=O) groups excluding carboxylic acids is 2. The number of halogens is 1. The van der Waals surface area contributed by atoms with Gasteiger partial charge in [0, 0.05) is 24.2 Å². The van der Waals surface area contributed by atoms with Crippen molar-refractivity contribution < 1.29 is 19.4 Å². The monoisotopic (exact) mass is 427 g/mol. The van der Waals surface area contributed by atoms with Gasteiger partial charge in [0.15, 0.2) is 0 Å². The summed E-state index contributed by atoms with van der Waals surface area (Å²) in [6.07, 6.45) is 0. The molecule has 6 heteroatoms. The maximum Gasteiger partial charge on any atom is 0.295 e.